The zero-order valence-electron chi connectivity index (χ0n) is 10.8. The average Bonchev–Trinajstić information content (AvgIpc) is 3.03. The second-order valence-corrected chi connectivity index (χ2v) is 6.69. The summed E-state index contributed by atoms with van der Waals surface area (Å²) in [6, 6.07) is 4.25. The highest BCUT2D eigenvalue weighted by Gasteiger charge is 2.18. The Bertz CT molecular complexity index is 830. The van der Waals surface area contributed by atoms with Gasteiger partial charge in [0, 0.05) is 10.1 Å². The summed E-state index contributed by atoms with van der Waals surface area (Å²) in [6.45, 7) is 1.96. The molecule has 0 atom stereocenters. The third-order valence-corrected chi connectivity index (χ3v) is 5.43. The van der Waals surface area contributed by atoms with Crippen molar-refractivity contribution in [3.05, 3.63) is 38.9 Å². The Balaban J connectivity index is 1.92. The van der Waals surface area contributed by atoms with Gasteiger partial charge in [0.15, 0.2) is 0 Å². The fourth-order valence-electron chi connectivity index (χ4n) is 1.79. The van der Waals surface area contributed by atoms with Gasteiger partial charge in [-0.15, -0.1) is 21.5 Å². The molecule has 21 heavy (non-hydrogen) atoms. The van der Waals surface area contributed by atoms with E-state index in [1.807, 2.05) is 6.92 Å². The van der Waals surface area contributed by atoms with Crippen molar-refractivity contribution in [3.63, 3.8) is 0 Å². The van der Waals surface area contributed by atoms with Gasteiger partial charge in [0.25, 0.3) is 5.91 Å². The topological polar surface area (TPSA) is 54.9 Å². The van der Waals surface area contributed by atoms with E-state index in [0.29, 0.717) is 25.1 Å². The molecule has 4 nitrogen and oxygen atoms in total. The Hall–Kier alpha value is -1.57. The molecule has 1 amide bonds. The summed E-state index contributed by atoms with van der Waals surface area (Å²) >= 11 is 8.67. The van der Waals surface area contributed by atoms with Crippen molar-refractivity contribution < 1.29 is 9.18 Å². The molecule has 0 fully saturated rings. The van der Waals surface area contributed by atoms with E-state index >= 15 is 0 Å². The quantitative estimate of drug-likeness (QED) is 0.770. The third-order valence-electron chi connectivity index (χ3n) is 2.79. The number of halogens is 2. The van der Waals surface area contributed by atoms with Crippen LogP contribution >= 0.6 is 34.3 Å². The Morgan fingerprint density at radius 3 is 2.90 bits per heavy atom. The molecule has 2 aromatic heterocycles. The van der Waals surface area contributed by atoms with Crippen LogP contribution in [-0.4, -0.2) is 16.1 Å². The van der Waals surface area contributed by atoms with Crippen LogP contribution in [0, 0.1) is 5.82 Å². The molecule has 108 valence electrons. The minimum Gasteiger partial charge on any atom is -0.296 e. The van der Waals surface area contributed by atoms with Crippen LogP contribution in [0.4, 0.5) is 9.52 Å². The highest BCUT2D eigenvalue weighted by Crippen LogP contribution is 2.36. The second kappa shape index (κ2) is 5.67. The van der Waals surface area contributed by atoms with Crippen molar-refractivity contribution in [2.45, 2.75) is 13.3 Å². The van der Waals surface area contributed by atoms with Crippen LogP contribution in [0.5, 0.6) is 0 Å². The van der Waals surface area contributed by atoms with Crippen LogP contribution in [0.1, 0.15) is 21.6 Å². The number of hydrogen-bond donors (Lipinski definition) is 1. The number of nitrogens with one attached hydrogen (secondary N) is 1. The first-order valence-corrected chi connectivity index (χ1v) is 8.11. The van der Waals surface area contributed by atoms with E-state index in [1.165, 1.54) is 23.5 Å². The molecule has 8 heteroatoms. The lowest BCUT2D eigenvalue weighted by Gasteiger charge is -1.98. The summed E-state index contributed by atoms with van der Waals surface area (Å²) in [6.07, 6.45) is 0.760. The number of amides is 1. The first kappa shape index (κ1) is 14.4. The SMILES string of the molecule is CCc1nnc(NC(=O)c2sc3cc(F)ccc3c2Cl)s1. The number of aromatic nitrogens is 2. The van der Waals surface area contributed by atoms with Crippen molar-refractivity contribution in [1.29, 1.82) is 0 Å². The molecule has 0 unspecified atom stereocenters. The van der Waals surface area contributed by atoms with E-state index in [-0.39, 0.29) is 11.7 Å². The lowest BCUT2D eigenvalue weighted by molar-refractivity contribution is 0.103. The number of fused-ring (bicyclic) bond motifs is 1. The highest BCUT2D eigenvalue weighted by molar-refractivity contribution is 7.22. The fraction of sp³-hybridized carbons (Fsp3) is 0.154. The van der Waals surface area contributed by atoms with Crippen molar-refractivity contribution in [3.8, 4) is 0 Å². The summed E-state index contributed by atoms with van der Waals surface area (Å²) < 4.78 is 13.8. The number of anilines is 1. The molecule has 0 aliphatic rings. The van der Waals surface area contributed by atoms with Gasteiger partial charge in [-0.25, -0.2) is 4.39 Å². The number of hydrogen-bond acceptors (Lipinski definition) is 5. The maximum atomic E-state index is 13.2. The number of thiophene rings is 1. The van der Waals surface area contributed by atoms with Crippen LogP contribution in [0.15, 0.2) is 18.2 Å². The first-order valence-electron chi connectivity index (χ1n) is 6.09. The molecule has 2 heterocycles. The number of carbonyl (C=O) groups is 1. The van der Waals surface area contributed by atoms with Gasteiger partial charge >= 0.3 is 0 Å². The summed E-state index contributed by atoms with van der Waals surface area (Å²) in [4.78, 5) is 12.6. The Morgan fingerprint density at radius 1 is 1.38 bits per heavy atom. The molecule has 3 rings (SSSR count). The number of carbonyl (C=O) groups excluding carboxylic acids is 1. The Morgan fingerprint density at radius 2 is 2.19 bits per heavy atom. The summed E-state index contributed by atoms with van der Waals surface area (Å²) in [7, 11) is 0. The maximum absolute atomic E-state index is 13.2. The molecule has 0 aliphatic carbocycles. The molecule has 3 aromatic rings. The molecule has 0 bridgehead atoms. The number of aryl methyl sites for hydroxylation is 1. The molecule has 1 N–H and O–H groups in total. The predicted octanol–water partition coefficient (Wildman–Crippen LogP) is 4.36. The monoisotopic (exact) mass is 341 g/mol. The number of nitrogens with zero attached hydrogens (tertiary/aromatic N) is 2. The van der Waals surface area contributed by atoms with Crippen molar-refractivity contribution in [2.75, 3.05) is 5.32 Å². The molecule has 1 aromatic carbocycles. The van der Waals surface area contributed by atoms with Gasteiger partial charge in [0.1, 0.15) is 15.7 Å². The van der Waals surface area contributed by atoms with Gasteiger partial charge in [-0.05, 0) is 24.6 Å². The van der Waals surface area contributed by atoms with Gasteiger partial charge in [-0.1, -0.05) is 29.9 Å². The van der Waals surface area contributed by atoms with E-state index in [9.17, 15) is 9.18 Å². The third kappa shape index (κ3) is 2.76. The molecule has 0 saturated heterocycles. The van der Waals surface area contributed by atoms with E-state index in [0.717, 1.165) is 22.8 Å². The van der Waals surface area contributed by atoms with Gasteiger partial charge in [0.2, 0.25) is 5.13 Å². The Kier molecular flexibility index (Phi) is 3.88. The molecule has 0 saturated carbocycles. The van der Waals surface area contributed by atoms with Gasteiger partial charge in [-0.3, -0.25) is 10.1 Å². The van der Waals surface area contributed by atoms with E-state index in [4.69, 9.17) is 11.6 Å². The van der Waals surface area contributed by atoms with E-state index in [1.54, 1.807) is 6.07 Å². The molecule has 0 spiro atoms. The van der Waals surface area contributed by atoms with Crippen molar-refractivity contribution in [2.24, 2.45) is 0 Å². The minimum absolute atomic E-state index is 0.327. The predicted molar refractivity (Wildman–Crippen MR) is 84.0 cm³/mol. The summed E-state index contributed by atoms with van der Waals surface area (Å²) in [5.41, 5.74) is 0. The van der Waals surface area contributed by atoms with Crippen molar-refractivity contribution >= 4 is 55.4 Å². The second-order valence-electron chi connectivity index (χ2n) is 4.19. The van der Waals surface area contributed by atoms with Crippen LogP contribution in [0.3, 0.4) is 0 Å². The van der Waals surface area contributed by atoms with Crippen LogP contribution in [0.2, 0.25) is 5.02 Å². The van der Waals surface area contributed by atoms with Crippen LogP contribution in [0.25, 0.3) is 10.1 Å². The summed E-state index contributed by atoms with van der Waals surface area (Å²) in [5.74, 6) is -0.718. The van der Waals surface area contributed by atoms with E-state index < -0.39 is 0 Å². The smallest absolute Gasteiger partial charge is 0.269 e. The average molecular weight is 342 g/mol. The maximum Gasteiger partial charge on any atom is 0.269 e. The molecule has 0 aliphatic heterocycles. The largest absolute Gasteiger partial charge is 0.296 e. The molecular formula is C13H9ClFN3OS2. The summed E-state index contributed by atoms with van der Waals surface area (Å²) in [5, 5.41) is 12.8. The van der Waals surface area contributed by atoms with Crippen LogP contribution in [-0.2, 0) is 6.42 Å². The van der Waals surface area contributed by atoms with E-state index in [2.05, 4.69) is 15.5 Å². The normalized spacial score (nSPS) is 11.0. The molecular weight excluding hydrogens is 333 g/mol. The fourth-order valence-corrected chi connectivity index (χ4v) is 3.90. The number of rotatable bonds is 3. The lowest BCUT2D eigenvalue weighted by Crippen LogP contribution is -2.10. The molecule has 0 radical (unpaired) electrons. The van der Waals surface area contributed by atoms with Gasteiger partial charge < -0.3 is 0 Å². The number of benzene rings is 1. The highest BCUT2D eigenvalue weighted by atomic mass is 35.5. The first-order chi connectivity index (χ1) is 10.1. The lowest BCUT2D eigenvalue weighted by atomic mass is 10.2. The zero-order chi connectivity index (χ0) is 15.0. The minimum atomic E-state index is -0.361. The standard InChI is InChI=1S/C13H9ClFN3OS2/c1-2-9-17-18-13(21-9)16-12(19)11-10(14)7-4-3-6(15)5-8(7)20-11/h3-5H,2H2,1H3,(H,16,18,19). The van der Waals surface area contributed by atoms with Crippen LogP contribution < -0.4 is 5.32 Å². The van der Waals surface area contributed by atoms with Crippen molar-refractivity contribution in [1.82, 2.24) is 10.2 Å². The zero-order valence-corrected chi connectivity index (χ0v) is 13.2. The van der Waals surface area contributed by atoms with Gasteiger partial charge in [-0.2, -0.15) is 0 Å². The Labute approximate surface area is 132 Å². The van der Waals surface area contributed by atoms with Gasteiger partial charge in [0.05, 0.1) is 5.02 Å².